The molecule has 1 saturated carbocycles. The van der Waals surface area contributed by atoms with E-state index in [2.05, 4.69) is 4.90 Å². The lowest BCUT2D eigenvalue weighted by molar-refractivity contribution is -0.151. The maximum absolute atomic E-state index is 11.5. The monoisotopic (exact) mass is 247 g/mol. The summed E-state index contributed by atoms with van der Waals surface area (Å²) in [6.45, 7) is 1.98. The van der Waals surface area contributed by atoms with Crippen molar-refractivity contribution in [1.29, 1.82) is 0 Å². The zero-order valence-corrected chi connectivity index (χ0v) is 10.6. The molecule has 0 atom stereocenters. The predicted molar refractivity (Wildman–Crippen MR) is 66.1 cm³/mol. The third-order valence-corrected chi connectivity index (χ3v) is 4.04. The summed E-state index contributed by atoms with van der Waals surface area (Å²) in [5.74, 6) is -0.582. The molecule has 0 amide bonds. The van der Waals surface area contributed by atoms with Gasteiger partial charge in [0.15, 0.2) is 0 Å². The molecule has 0 aromatic rings. The summed E-state index contributed by atoms with van der Waals surface area (Å²) < 4.78 is 0. The number of carboxylic acids is 1. The van der Waals surface area contributed by atoms with Crippen LogP contribution in [-0.4, -0.2) is 34.6 Å². The van der Waals surface area contributed by atoms with Crippen molar-refractivity contribution in [2.75, 3.05) is 13.1 Å². The van der Waals surface area contributed by atoms with Gasteiger partial charge in [-0.15, -0.1) is 12.4 Å². The van der Waals surface area contributed by atoms with Crippen molar-refractivity contribution in [3.63, 3.8) is 0 Å². The van der Waals surface area contributed by atoms with Gasteiger partial charge in [-0.05, 0) is 38.8 Å². The molecule has 1 saturated heterocycles. The number of nitrogens with zero attached hydrogens (tertiary/aromatic N) is 1. The average Bonchev–Trinajstić information content (AvgIpc) is 2.56. The molecule has 1 aliphatic heterocycles. The molecule has 1 N–H and O–H groups in total. The number of hydrogen-bond donors (Lipinski definition) is 1. The Balaban J connectivity index is 0.00000128. The molecule has 94 valence electrons. The highest BCUT2D eigenvalue weighted by Crippen LogP contribution is 2.36. The summed E-state index contributed by atoms with van der Waals surface area (Å²) in [4.78, 5) is 13.8. The van der Waals surface area contributed by atoms with Gasteiger partial charge in [0, 0.05) is 0 Å². The normalized spacial score (nSPS) is 25.8. The number of carbonyl (C=O) groups is 1. The Morgan fingerprint density at radius 1 is 0.938 bits per heavy atom. The second-order valence-electron chi connectivity index (χ2n) is 4.95. The van der Waals surface area contributed by atoms with Gasteiger partial charge in [0.05, 0.1) is 0 Å². The van der Waals surface area contributed by atoms with E-state index in [0.717, 1.165) is 38.8 Å². The van der Waals surface area contributed by atoms with Gasteiger partial charge in [0.1, 0.15) is 5.54 Å². The van der Waals surface area contributed by atoms with E-state index in [0.29, 0.717) is 0 Å². The van der Waals surface area contributed by atoms with Gasteiger partial charge in [-0.2, -0.15) is 0 Å². The fraction of sp³-hybridized carbons (Fsp3) is 0.917. The third-order valence-electron chi connectivity index (χ3n) is 4.04. The van der Waals surface area contributed by atoms with Gasteiger partial charge in [-0.1, -0.05) is 25.7 Å². The van der Waals surface area contributed by atoms with Gasteiger partial charge in [-0.3, -0.25) is 9.69 Å². The van der Waals surface area contributed by atoms with Gasteiger partial charge >= 0.3 is 5.97 Å². The van der Waals surface area contributed by atoms with Crippen molar-refractivity contribution in [2.45, 2.75) is 56.9 Å². The highest BCUT2D eigenvalue weighted by Gasteiger charge is 2.46. The fourth-order valence-corrected chi connectivity index (χ4v) is 3.12. The van der Waals surface area contributed by atoms with Crippen LogP contribution in [0, 0.1) is 0 Å². The number of hydrogen-bond acceptors (Lipinski definition) is 2. The molecule has 0 aromatic carbocycles. The van der Waals surface area contributed by atoms with Crippen LogP contribution in [0.1, 0.15) is 51.4 Å². The molecule has 0 spiro atoms. The first-order chi connectivity index (χ1) is 7.26. The van der Waals surface area contributed by atoms with E-state index >= 15 is 0 Å². The summed E-state index contributed by atoms with van der Waals surface area (Å²) in [6.07, 6.45) is 8.79. The molecule has 2 aliphatic rings. The smallest absolute Gasteiger partial charge is 0.324 e. The summed E-state index contributed by atoms with van der Waals surface area (Å²) in [5.41, 5.74) is -0.496. The average molecular weight is 248 g/mol. The van der Waals surface area contributed by atoms with Crippen molar-refractivity contribution in [3.8, 4) is 0 Å². The summed E-state index contributed by atoms with van der Waals surface area (Å²) in [6, 6.07) is 0. The molecule has 0 aromatic heterocycles. The van der Waals surface area contributed by atoms with E-state index in [-0.39, 0.29) is 12.4 Å². The summed E-state index contributed by atoms with van der Waals surface area (Å²) in [7, 11) is 0. The first-order valence-corrected chi connectivity index (χ1v) is 6.24. The Labute approximate surface area is 104 Å². The van der Waals surface area contributed by atoms with Crippen molar-refractivity contribution >= 4 is 18.4 Å². The zero-order chi connectivity index (χ0) is 10.7. The number of carboxylic acid groups (broad SMARTS) is 1. The van der Waals surface area contributed by atoms with Crippen LogP contribution in [0.15, 0.2) is 0 Å². The van der Waals surface area contributed by atoms with E-state index in [9.17, 15) is 9.90 Å². The van der Waals surface area contributed by atoms with E-state index in [1.165, 1.54) is 25.7 Å². The molecule has 2 rings (SSSR count). The molecule has 0 bridgehead atoms. The van der Waals surface area contributed by atoms with Crippen LogP contribution in [0.4, 0.5) is 0 Å². The Morgan fingerprint density at radius 3 is 1.88 bits per heavy atom. The summed E-state index contributed by atoms with van der Waals surface area (Å²) in [5, 5.41) is 9.47. The van der Waals surface area contributed by atoms with Crippen molar-refractivity contribution < 1.29 is 9.90 Å². The first kappa shape index (κ1) is 13.8. The number of rotatable bonds is 2. The molecule has 0 radical (unpaired) electrons. The molecule has 0 unspecified atom stereocenters. The molecule has 1 heterocycles. The van der Waals surface area contributed by atoms with Crippen LogP contribution in [0.3, 0.4) is 0 Å². The molecular weight excluding hydrogens is 226 g/mol. The lowest BCUT2D eigenvalue weighted by atomic mass is 9.95. The van der Waals surface area contributed by atoms with Gasteiger partial charge < -0.3 is 5.11 Å². The van der Waals surface area contributed by atoms with E-state index in [1.807, 2.05) is 0 Å². The van der Waals surface area contributed by atoms with Gasteiger partial charge in [0.2, 0.25) is 0 Å². The quantitative estimate of drug-likeness (QED) is 0.816. The van der Waals surface area contributed by atoms with Crippen LogP contribution in [0.2, 0.25) is 0 Å². The number of likely N-dealkylation sites (tertiary alicyclic amines) is 1. The maximum atomic E-state index is 11.5. The highest BCUT2D eigenvalue weighted by molar-refractivity contribution is 5.85. The van der Waals surface area contributed by atoms with Crippen molar-refractivity contribution in [2.24, 2.45) is 0 Å². The van der Waals surface area contributed by atoms with Crippen LogP contribution < -0.4 is 0 Å². The second-order valence-corrected chi connectivity index (χ2v) is 4.95. The summed E-state index contributed by atoms with van der Waals surface area (Å²) >= 11 is 0. The minimum atomic E-state index is -0.582. The fourth-order valence-electron chi connectivity index (χ4n) is 3.12. The molecule has 3 nitrogen and oxygen atoms in total. The molecular formula is C12H22ClNO2. The van der Waals surface area contributed by atoms with Crippen molar-refractivity contribution in [1.82, 2.24) is 4.90 Å². The predicted octanol–water partition coefficient (Wildman–Crippen LogP) is 2.68. The zero-order valence-electron chi connectivity index (χ0n) is 9.78. The van der Waals surface area contributed by atoms with Crippen LogP contribution in [-0.2, 0) is 4.79 Å². The minimum absolute atomic E-state index is 0. The lowest BCUT2D eigenvalue weighted by Crippen LogP contribution is -2.53. The Kier molecular flexibility index (Phi) is 5.06. The molecule has 4 heteroatoms. The van der Waals surface area contributed by atoms with E-state index in [4.69, 9.17) is 0 Å². The first-order valence-electron chi connectivity index (χ1n) is 6.24. The van der Waals surface area contributed by atoms with Crippen molar-refractivity contribution in [3.05, 3.63) is 0 Å². The van der Waals surface area contributed by atoms with E-state index in [1.54, 1.807) is 0 Å². The van der Waals surface area contributed by atoms with E-state index < -0.39 is 11.5 Å². The lowest BCUT2D eigenvalue weighted by Gasteiger charge is -2.37. The SMILES string of the molecule is Cl.O=C(O)C1(N2CCCCCC2)CCCC1. The number of aliphatic carboxylic acids is 1. The van der Waals surface area contributed by atoms with Gasteiger partial charge in [0.25, 0.3) is 0 Å². The molecule has 2 fully saturated rings. The third kappa shape index (κ3) is 2.51. The Hall–Kier alpha value is -0.280. The second kappa shape index (κ2) is 5.87. The van der Waals surface area contributed by atoms with Crippen LogP contribution in [0.25, 0.3) is 0 Å². The number of halogens is 1. The Bertz CT molecular complexity index is 231. The van der Waals surface area contributed by atoms with Crippen LogP contribution in [0.5, 0.6) is 0 Å². The standard InChI is InChI=1S/C12H21NO2.ClH/c14-11(15)12(7-3-4-8-12)13-9-5-1-2-6-10-13;/h1-10H2,(H,14,15);1H. The minimum Gasteiger partial charge on any atom is -0.480 e. The topological polar surface area (TPSA) is 40.5 Å². The molecule has 1 aliphatic carbocycles. The largest absolute Gasteiger partial charge is 0.480 e. The van der Waals surface area contributed by atoms with Gasteiger partial charge in [-0.25, -0.2) is 0 Å². The van der Waals surface area contributed by atoms with Crippen LogP contribution >= 0.6 is 12.4 Å². The Morgan fingerprint density at radius 2 is 1.44 bits per heavy atom. The molecule has 16 heavy (non-hydrogen) atoms. The maximum Gasteiger partial charge on any atom is 0.324 e. The highest BCUT2D eigenvalue weighted by atomic mass is 35.5.